The smallest absolute Gasteiger partial charge is 0.163 e. The van der Waals surface area contributed by atoms with Crippen LogP contribution in [0.3, 0.4) is 0 Å². The number of ketones is 1. The second-order valence-electron chi connectivity index (χ2n) is 6.90. The fourth-order valence-electron chi connectivity index (χ4n) is 4.29. The third-order valence-electron chi connectivity index (χ3n) is 5.40. The lowest BCUT2D eigenvalue weighted by Crippen LogP contribution is -2.25. The van der Waals surface area contributed by atoms with E-state index in [1.54, 1.807) is 0 Å². The van der Waals surface area contributed by atoms with E-state index in [0.717, 1.165) is 35.5 Å². The van der Waals surface area contributed by atoms with Crippen molar-refractivity contribution < 1.29 is 9.53 Å². The molecular weight excluding hydrogens is 310 g/mol. The largest absolute Gasteiger partial charge is 0.461 e. The Morgan fingerprint density at radius 2 is 1.80 bits per heavy atom. The van der Waals surface area contributed by atoms with E-state index < -0.39 is 0 Å². The lowest BCUT2D eigenvalue weighted by Gasteiger charge is -2.32. The molecular formula is C22H19NO2. The van der Waals surface area contributed by atoms with Gasteiger partial charge in [0.15, 0.2) is 5.78 Å². The molecule has 25 heavy (non-hydrogen) atoms. The minimum Gasteiger partial charge on any atom is -0.461 e. The van der Waals surface area contributed by atoms with E-state index in [4.69, 9.17) is 4.74 Å². The van der Waals surface area contributed by atoms with Crippen LogP contribution >= 0.6 is 0 Å². The molecule has 1 aromatic heterocycles. The fourth-order valence-corrected chi connectivity index (χ4v) is 4.29. The Labute approximate surface area is 146 Å². The van der Waals surface area contributed by atoms with Gasteiger partial charge in [0.25, 0.3) is 0 Å². The first-order valence-electron chi connectivity index (χ1n) is 8.81. The molecule has 3 nitrogen and oxygen atoms in total. The lowest BCUT2D eigenvalue weighted by atomic mass is 9.77. The maximum atomic E-state index is 12.8. The second-order valence-corrected chi connectivity index (χ2v) is 6.90. The molecule has 0 bridgehead atoms. The van der Waals surface area contributed by atoms with Crippen LogP contribution in [0.5, 0.6) is 5.75 Å². The summed E-state index contributed by atoms with van der Waals surface area (Å²) >= 11 is 0. The van der Waals surface area contributed by atoms with E-state index in [1.165, 1.54) is 16.5 Å². The maximum Gasteiger partial charge on any atom is 0.163 e. The Morgan fingerprint density at radius 3 is 2.72 bits per heavy atom. The molecule has 0 spiro atoms. The van der Waals surface area contributed by atoms with Crippen LogP contribution in [0.1, 0.15) is 36.3 Å². The SMILES string of the molecule is Cn1cc(C2C3=C(CCCC3=O)Oc3ccccc32)c2ccccc21. The summed E-state index contributed by atoms with van der Waals surface area (Å²) in [6.45, 7) is 0. The summed E-state index contributed by atoms with van der Waals surface area (Å²) in [6, 6.07) is 16.5. The van der Waals surface area contributed by atoms with Crippen molar-refractivity contribution in [3.63, 3.8) is 0 Å². The standard InChI is InChI=1S/C22H19NO2/c1-23-13-16(14-7-2-4-9-17(14)23)21-15-8-3-5-11-19(15)25-20-12-6-10-18(24)22(20)21/h2-5,7-9,11,13,21H,6,10,12H2,1H3. The molecule has 1 aliphatic heterocycles. The number of hydrogen-bond acceptors (Lipinski definition) is 2. The summed E-state index contributed by atoms with van der Waals surface area (Å²) in [7, 11) is 2.06. The Bertz CT molecular complexity index is 1040. The number of allylic oxidation sites excluding steroid dienone is 2. The molecule has 124 valence electrons. The minimum absolute atomic E-state index is 0.0427. The molecule has 3 aromatic rings. The zero-order valence-electron chi connectivity index (χ0n) is 14.2. The van der Waals surface area contributed by atoms with Crippen LogP contribution in [0.4, 0.5) is 0 Å². The number of aromatic nitrogens is 1. The van der Waals surface area contributed by atoms with Gasteiger partial charge in [0.05, 0.1) is 0 Å². The van der Waals surface area contributed by atoms with Crippen molar-refractivity contribution in [2.24, 2.45) is 7.05 Å². The summed E-state index contributed by atoms with van der Waals surface area (Å²) in [5.41, 5.74) is 4.33. The van der Waals surface area contributed by atoms with E-state index in [9.17, 15) is 4.79 Å². The Hall–Kier alpha value is -2.81. The summed E-state index contributed by atoms with van der Waals surface area (Å²) in [6.07, 6.45) is 4.51. The molecule has 0 N–H and O–H groups in total. The molecule has 1 aliphatic carbocycles. The number of nitrogens with zero attached hydrogens (tertiary/aromatic N) is 1. The number of fused-ring (bicyclic) bond motifs is 2. The number of carbonyl (C=O) groups excluding carboxylic acids is 1. The molecule has 5 rings (SSSR count). The molecule has 2 aliphatic rings. The quantitative estimate of drug-likeness (QED) is 0.647. The number of para-hydroxylation sites is 2. The first-order chi connectivity index (χ1) is 12.2. The van der Waals surface area contributed by atoms with Gasteiger partial charge < -0.3 is 9.30 Å². The lowest BCUT2D eigenvalue weighted by molar-refractivity contribution is -0.116. The van der Waals surface area contributed by atoms with Crippen LogP contribution in [0, 0.1) is 0 Å². The van der Waals surface area contributed by atoms with Gasteiger partial charge in [-0.2, -0.15) is 0 Å². The van der Waals surface area contributed by atoms with Gasteiger partial charge in [-0.05, 0) is 24.1 Å². The predicted molar refractivity (Wildman–Crippen MR) is 97.7 cm³/mol. The van der Waals surface area contributed by atoms with Crippen molar-refractivity contribution in [2.45, 2.75) is 25.2 Å². The van der Waals surface area contributed by atoms with E-state index in [0.29, 0.717) is 6.42 Å². The van der Waals surface area contributed by atoms with E-state index in [2.05, 4.69) is 48.1 Å². The monoisotopic (exact) mass is 329 g/mol. The highest BCUT2D eigenvalue weighted by molar-refractivity contribution is 6.01. The van der Waals surface area contributed by atoms with Gasteiger partial charge in [-0.15, -0.1) is 0 Å². The van der Waals surface area contributed by atoms with Crippen molar-refractivity contribution in [1.29, 1.82) is 0 Å². The minimum atomic E-state index is -0.0427. The van der Waals surface area contributed by atoms with Crippen LogP contribution in [-0.2, 0) is 11.8 Å². The van der Waals surface area contributed by atoms with Crippen molar-refractivity contribution in [1.82, 2.24) is 4.57 Å². The molecule has 0 saturated heterocycles. The van der Waals surface area contributed by atoms with Gasteiger partial charge in [0.1, 0.15) is 11.5 Å². The van der Waals surface area contributed by atoms with Gasteiger partial charge in [0.2, 0.25) is 0 Å². The molecule has 0 amide bonds. The third kappa shape index (κ3) is 2.08. The summed E-state index contributed by atoms with van der Waals surface area (Å²) in [4.78, 5) is 12.8. The highest BCUT2D eigenvalue weighted by Crippen LogP contribution is 2.48. The van der Waals surface area contributed by atoms with Crippen LogP contribution in [0.25, 0.3) is 10.9 Å². The van der Waals surface area contributed by atoms with E-state index in [-0.39, 0.29) is 11.7 Å². The molecule has 1 atom stereocenters. The molecule has 2 heterocycles. The number of Topliss-reactive ketones (excluding diaryl/α,β-unsaturated/α-hetero) is 1. The van der Waals surface area contributed by atoms with Gasteiger partial charge in [-0.3, -0.25) is 4.79 Å². The molecule has 2 aromatic carbocycles. The second kappa shape index (κ2) is 5.35. The predicted octanol–water partition coefficient (Wildman–Crippen LogP) is 4.71. The zero-order valence-corrected chi connectivity index (χ0v) is 14.2. The molecule has 3 heteroatoms. The van der Waals surface area contributed by atoms with Crippen LogP contribution in [0.2, 0.25) is 0 Å². The van der Waals surface area contributed by atoms with Crippen molar-refractivity contribution in [3.8, 4) is 5.75 Å². The van der Waals surface area contributed by atoms with Gasteiger partial charge >= 0.3 is 0 Å². The summed E-state index contributed by atoms with van der Waals surface area (Å²) < 4.78 is 8.28. The molecule has 0 saturated carbocycles. The normalized spacial score (nSPS) is 19.6. The molecule has 0 fully saturated rings. The van der Waals surface area contributed by atoms with Gasteiger partial charge in [-0.1, -0.05) is 36.4 Å². The summed E-state index contributed by atoms with van der Waals surface area (Å²) in [5.74, 6) is 1.94. The Morgan fingerprint density at radius 1 is 1.00 bits per heavy atom. The van der Waals surface area contributed by atoms with Crippen LogP contribution in [-0.4, -0.2) is 10.4 Å². The topological polar surface area (TPSA) is 31.2 Å². The number of hydrogen-bond donors (Lipinski definition) is 0. The number of carbonyl (C=O) groups is 1. The third-order valence-corrected chi connectivity index (χ3v) is 5.40. The van der Waals surface area contributed by atoms with Crippen LogP contribution in [0.15, 0.2) is 66.1 Å². The molecule has 0 radical (unpaired) electrons. The van der Waals surface area contributed by atoms with Crippen molar-refractivity contribution in [3.05, 3.63) is 77.2 Å². The van der Waals surface area contributed by atoms with E-state index in [1.807, 2.05) is 18.2 Å². The number of aryl methyl sites for hydroxylation is 1. The Kier molecular flexibility index (Phi) is 3.11. The fraction of sp³-hybridized carbons (Fsp3) is 0.227. The maximum absolute atomic E-state index is 12.8. The average Bonchev–Trinajstić information content (AvgIpc) is 2.97. The van der Waals surface area contributed by atoms with Gasteiger partial charge in [-0.25, -0.2) is 0 Å². The first-order valence-corrected chi connectivity index (χ1v) is 8.81. The number of ether oxygens (including phenoxy) is 1. The van der Waals surface area contributed by atoms with Crippen LogP contribution < -0.4 is 4.74 Å². The number of benzene rings is 2. The summed E-state index contributed by atoms with van der Waals surface area (Å²) in [5, 5.41) is 1.21. The van der Waals surface area contributed by atoms with Crippen molar-refractivity contribution >= 4 is 16.7 Å². The van der Waals surface area contributed by atoms with E-state index >= 15 is 0 Å². The highest BCUT2D eigenvalue weighted by atomic mass is 16.5. The zero-order chi connectivity index (χ0) is 17.0. The first kappa shape index (κ1) is 14.5. The highest BCUT2D eigenvalue weighted by Gasteiger charge is 2.37. The Balaban J connectivity index is 1.82. The van der Waals surface area contributed by atoms with Crippen molar-refractivity contribution in [2.75, 3.05) is 0 Å². The number of rotatable bonds is 1. The molecule has 1 unspecified atom stereocenters. The average molecular weight is 329 g/mol. The van der Waals surface area contributed by atoms with Gasteiger partial charge in [0, 0.05) is 54.0 Å².